The zero-order valence-electron chi connectivity index (χ0n) is 13.5. The summed E-state index contributed by atoms with van der Waals surface area (Å²) in [5.74, 6) is 0.449. The largest absolute Gasteiger partial charge is 1.00 e. The molecule has 0 N–H and O–H groups in total. The van der Waals surface area contributed by atoms with Gasteiger partial charge in [0.2, 0.25) is 0 Å². The van der Waals surface area contributed by atoms with Crippen LogP contribution in [0.2, 0.25) is 0 Å². The average molecular weight is 346 g/mol. The fraction of sp³-hybridized carbons (Fsp3) is 0.167. The monoisotopic (exact) mass is 346 g/mol. The molecular formula is C18H15N2NaO2S. The van der Waals surface area contributed by atoms with Crippen molar-refractivity contribution < 1.29 is 38.0 Å². The normalized spacial score (nSPS) is 22.3. The standard InChI is InChI=1S/C18H15N2O2S.Na/c1-12-6-8-13(9-7-12)23(21,22)20-19-17-11-10-16-14-4-2-3-5-15(14)18(16)17;/h2-11,16,18H,1H3;/q-1;+1/b19-17+;. The molecule has 2 aromatic carbocycles. The van der Waals surface area contributed by atoms with Crippen LogP contribution in [0.3, 0.4) is 0 Å². The van der Waals surface area contributed by atoms with E-state index in [4.69, 9.17) is 0 Å². The molecule has 0 fully saturated rings. The Morgan fingerprint density at radius 3 is 2.38 bits per heavy atom. The van der Waals surface area contributed by atoms with Crippen LogP contribution in [0.4, 0.5) is 0 Å². The quantitative estimate of drug-likeness (QED) is 0.612. The molecule has 0 aromatic heterocycles. The van der Waals surface area contributed by atoms with Crippen molar-refractivity contribution in [2.24, 2.45) is 5.10 Å². The first kappa shape index (κ1) is 17.4. The minimum atomic E-state index is -3.76. The van der Waals surface area contributed by atoms with Crippen LogP contribution in [0.25, 0.3) is 4.83 Å². The third kappa shape index (κ3) is 2.86. The Bertz CT molecular complexity index is 934. The first-order chi connectivity index (χ1) is 11.1. The number of hydrogen-bond donors (Lipinski definition) is 0. The molecule has 6 heteroatoms. The summed E-state index contributed by atoms with van der Waals surface area (Å²) in [5, 5.41) is 4.04. The van der Waals surface area contributed by atoms with Crippen molar-refractivity contribution in [2.45, 2.75) is 23.7 Å². The van der Waals surface area contributed by atoms with E-state index in [0.29, 0.717) is 11.6 Å². The van der Waals surface area contributed by atoms with E-state index in [2.05, 4.69) is 28.1 Å². The SMILES string of the molecule is Cc1ccc(S(=O)(=O)[N-]/N=C2\C=CC3c4ccccc4C23)cc1.[Na+]. The van der Waals surface area contributed by atoms with E-state index in [-0.39, 0.29) is 40.4 Å². The molecule has 0 bridgehead atoms. The maximum absolute atomic E-state index is 12.3. The van der Waals surface area contributed by atoms with E-state index in [9.17, 15) is 8.42 Å². The van der Waals surface area contributed by atoms with Gasteiger partial charge in [0, 0.05) is 17.5 Å². The van der Waals surface area contributed by atoms with Crippen molar-refractivity contribution in [2.75, 3.05) is 0 Å². The van der Waals surface area contributed by atoms with Crippen molar-refractivity contribution in [1.29, 1.82) is 0 Å². The van der Waals surface area contributed by atoms with Gasteiger partial charge in [-0.05, 0) is 36.3 Å². The molecule has 116 valence electrons. The van der Waals surface area contributed by atoms with E-state index in [1.807, 2.05) is 25.1 Å². The number of sulfonamides is 1. The Morgan fingerprint density at radius 1 is 1.00 bits per heavy atom. The maximum Gasteiger partial charge on any atom is 1.00 e. The molecule has 2 unspecified atom stereocenters. The van der Waals surface area contributed by atoms with Gasteiger partial charge in [-0.15, -0.1) is 0 Å². The van der Waals surface area contributed by atoms with Crippen LogP contribution in [0.1, 0.15) is 28.5 Å². The van der Waals surface area contributed by atoms with Gasteiger partial charge in [-0.3, -0.25) is 0 Å². The van der Waals surface area contributed by atoms with E-state index >= 15 is 0 Å². The third-order valence-corrected chi connectivity index (χ3v) is 5.59. The Morgan fingerprint density at radius 2 is 1.67 bits per heavy atom. The Kier molecular flexibility index (Phi) is 4.71. The second-order valence-electron chi connectivity index (χ2n) is 5.89. The molecule has 2 aliphatic rings. The minimum Gasteiger partial charge on any atom is -0.490 e. The van der Waals surface area contributed by atoms with Crippen molar-refractivity contribution in [3.8, 4) is 0 Å². The van der Waals surface area contributed by atoms with Crippen LogP contribution in [-0.4, -0.2) is 14.1 Å². The zero-order chi connectivity index (χ0) is 16.0. The van der Waals surface area contributed by atoms with Crippen LogP contribution in [0.5, 0.6) is 0 Å². The van der Waals surface area contributed by atoms with Gasteiger partial charge in [0.25, 0.3) is 0 Å². The number of allylic oxidation sites excluding steroid dienone is 2. The molecule has 0 radical (unpaired) electrons. The fourth-order valence-electron chi connectivity index (χ4n) is 3.19. The van der Waals surface area contributed by atoms with Crippen LogP contribution in [-0.2, 0) is 10.0 Å². The number of aryl methyl sites for hydroxylation is 1. The molecule has 2 aliphatic carbocycles. The number of fused-ring (bicyclic) bond motifs is 4. The average Bonchev–Trinajstić information content (AvgIpc) is 2.90. The number of benzene rings is 2. The molecule has 0 saturated heterocycles. The summed E-state index contributed by atoms with van der Waals surface area (Å²) in [4.78, 5) is 3.81. The zero-order valence-corrected chi connectivity index (χ0v) is 16.4. The summed E-state index contributed by atoms with van der Waals surface area (Å²) >= 11 is 0. The van der Waals surface area contributed by atoms with Crippen molar-refractivity contribution >= 4 is 15.7 Å². The molecule has 2 aromatic rings. The third-order valence-electron chi connectivity index (χ3n) is 4.42. The van der Waals surface area contributed by atoms with Crippen LogP contribution >= 0.6 is 0 Å². The van der Waals surface area contributed by atoms with Gasteiger partial charge in [0.1, 0.15) is 10.0 Å². The van der Waals surface area contributed by atoms with Gasteiger partial charge in [-0.1, -0.05) is 48.0 Å². The van der Waals surface area contributed by atoms with Crippen molar-refractivity contribution in [3.05, 3.63) is 82.2 Å². The molecular weight excluding hydrogens is 331 g/mol. The van der Waals surface area contributed by atoms with Gasteiger partial charge in [-0.2, -0.15) is 0 Å². The summed E-state index contributed by atoms with van der Waals surface area (Å²) in [6, 6.07) is 14.8. The number of nitrogens with zero attached hydrogens (tertiary/aromatic N) is 2. The van der Waals surface area contributed by atoms with E-state index in [1.165, 1.54) is 11.1 Å². The topological polar surface area (TPSA) is 60.6 Å². The second kappa shape index (κ2) is 6.48. The molecule has 0 aliphatic heterocycles. The van der Waals surface area contributed by atoms with Crippen LogP contribution in [0.15, 0.2) is 70.7 Å². The smallest absolute Gasteiger partial charge is 0.490 e. The van der Waals surface area contributed by atoms with E-state index < -0.39 is 10.0 Å². The predicted octanol–water partition coefficient (Wildman–Crippen LogP) is 0.868. The first-order valence-electron chi connectivity index (χ1n) is 7.45. The van der Waals surface area contributed by atoms with Gasteiger partial charge in [0.05, 0.1) is 4.90 Å². The minimum absolute atomic E-state index is 0. The molecule has 4 rings (SSSR count). The summed E-state index contributed by atoms with van der Waals surface area (Å²) in [6.07, 6.45) is 3.95. The Hall–Kier alpha value is -1.40. The molecule has 2 atom stereocenters. The van der Waals surface area contributed by atoms with Gasteiger partial charge in [-0.25, -0.2) is 8.42 Å². The molecule has 0 saturated carbocycles. The first-order valence-corrected chi connectivity index (χ1v) is 8.89. The number of rotatable bonds is 3. The molecule has 24 heavy (non-hydrogen) atoms. The predicted molar refractivity (Wildman–Crippen MR) is 90.2 cm³/mol. The molecule has 4 nitrogen and oxygen atoms in total. The van der Waals surface area contributed by atoms with E-state index in [1.54, 1.807) is 24.3 Å². The molecule has 0 amide bonds. The van der Waals surface area contributed by atoms with Crippen molar-refractivity contribution in [3.63, 3.8) is 0 Å². The van der Waals surface area contributed by atoms with Gasteiger partial charge in [0.15, 0.2) is 0 Å². The summed E-state index contributed by atoms with van der Waals surface area (Å²) < 4.78 is 24.5. The summed E-state index contributed by atoms with van der Waals surface area (Å²) in [6.45, 7) is 1.91. The van der Waals surface area contributed by atoms with Gasteiger partial charge < -0.3 is 9.93 Å². The maximum atomic E-state index is 12.3. The second-order valence-corrected chi connectivity index (χ2v) is 7.47. The van der Waals surface area contributed by atoms with Crippen LogP contribution in [0, 0.1) is 6.92 Å². The summed E-state index contributed by atoms with van der Waals surface area (Å²) in [5.41, 5.74) is 4.22. The fourth-order valence-corrected chi connectivity index (χ4v) is 3.97. The Labute approximate surface area is 164 Å². The van der Waals surface area contributed by atoms with E-state index in [0.717, 1.165) is 5.56 Å². The number of hydrogen-bond acceptors (Lipinski definition) is 3. The van der Waals surface area contributed by atoms with Crippen molar-refractivity contribution in [1.82, 2.24) is 0 Å². The molecule has 0 heterocycles. The summed E-state index contributed by atoms with van der Waals surface area (Å²) in [7, 11) is -3.76. The van der Waals surface area contributed by atoms with Crippen LogP contribution < -0.4 is 29.6 Å². The Balaban J connectivity index is 0.00000169. The van der Waals surface area contributed by atoms with Gasteiger partial charge >= 0.3 is 29.6 Å². The molecule has 0 spiro atoms.